The molecular weight excluding hydrogens is 1150 g/mol. The van der Waals surface area contributed by atoms with Crippen LogP contribution < -0.4 is 0 Å². The summed E-state index contributed by atoms with van der Waals surface area (Å²) < 4.78 is 68.1. The molecule has 3 N–H and O–H groups in total. The van der Waals surface area contributed by atoms with E-state index in [9.17, 15) is 43.2 Å². The minimum absolute atomic E-state index is 0.0849. The number of aliphatic hydroxyl groups excluding tert-OH is 1. The summed E-state index contributed by atoms with van der Waals surface area (Å²) in [6.07, 6.45) is 49.3. The van der Waals surface area contributed by atoms with Crippen LogP contribution in [0.3, 0.4) is 0 Å². The highest BCUT2D eigenvalue weighted by Gasteiger charge is 2.30. The van der Waals surface area contributed by atoms with Gasteiger partial charge in [-0.25, -0.2) is 9.13 Å². The number of hydrogen-bond acceptors (Lipinski definition) is 15. The van der Waals surface area contributed by atoms with Gasteiger partial charge in [0, 0.05) is 25.7 Å². The summed E-state index contributed by atoms with van der Waals surface area (Å²) in [6.45, 7) is 7.13. The molecule has 0 aromatic heterocycles. The summed E-state index contributed by atoms with van der Waals surface area (Å²) in [5.41, 5.74) is 0. The number of phosphoric ester groups is 2. The molecule has 19 heteroatoms. The Labute approximate surface area is 529 Å². The van der Waals surface area contributed by atoms with Crippen LogP contribution in [0.5, 0.6) is 0 Å². The molecule has 0 fully saturated rings. The third-order valence-electron chi connectivity index (χ3n) is 15.2. The standard InChI is InChI=1S/C68H128O17P2/c1-6-9-12-15-18-21-23-24-25-26-27-34-39-44-49-54-68(73)85-64(58-79-66(71)52-47-42-37-33-29-28-31-35-40-45-50-61(4)5)60-83-87(76,77)81-56-62(69)55-80-86(74,75)82-59-63(57-78-65(70)51-46-41-36-30-20-17-14-11-8-3)84-67(72)53-48-43-38-32-22-19-16-13-10-7-2/h21,23-25,61-64,69H,6-20,22,26-60H2,1-5H3,(H,74,75)(H,76,77)/b23-21-,25-24-/t62-,63+,64+/m0/s1. The van der Waals surface area contributed by atoms with Crippen molar-refractivity contribution in [1.82, 2.24) is 0 Å². The summed E-state index contributed by atoms with van der Waals surface area (Å²) in [5, 5.41) is 10.6. The van der Waals surface area contributed by atoms with Crippen LogP contribution in [0.1, 0.15) is 324 Å². The zero-order chi connectivity index (χ0) is 64.2. The van der Waals surface area contributed by atoms with Crippen molar-refractivity contribution >= 4 is 39.5 Å². The minimum Gasteiger partial charge on any atom is -0.462 e. The SMILES string of the molecule is CCCCCC/C=C\C=C/CCCCCCCC(=O)O[C@H](COC(=O)CCCCCCCCCCCCC(C)C)COP(=O)(O)OC[C@@H](O)COP(=O)(O)OC[C@@H](COC(=O)CCCCCCCCCCC)OC(=O)CCCCCCCCCCCC. The van der Waals surface area contributed by atoms with Crippen LogP contribution in [-0.4, -0.2) is 96.7 Å². The predicted molar refractivity (Wildman–Crippen MR) is 349 cm³/mol. The highest BCUT2D eigenvalue weighted by atomic mass is 31.2. The van der Waals surface area contributed by atoms with Crippen LogP contribution >= 0.6 is 15.6 Å². The van der Waals surface area contributed by atoms with Crippen molar-refractivity contribution in [2.75, 3.05) is 39.6 Å². The Kier molecular flexibility index (Phi) is 59.3. The number of ether oxygens (including phenoxy) is 4. The van der Waals surface area contributed by atoms with Crippen molar-refractivity contribution in [3.63, 3.8) is 0 Å². The predicted octanol–water partition coefficient (Wildman–Crippen LogP) is 18.9. The van der Waals surface area contributed by atoms with Crippen molar-refractivity contribution in [2.45, 2.75) is 342 Å². The average Bonchev–Trinajstić information content (AvgIpc) is 3.70. The van der Waals surface area contributed by atoms with Gasteiger partial charge in [-0.05, 0) is 57.3 Å². The molecule has 0 saturated heterocycles. The van der Waals surface area contributed by atoms with E-state index in [2.05, 4.69) is 58.9 Å². The second-order valence-electron chi connectivity index (χ2n) is 24.4. The Bertz CT molecular complexity index is 1780. The van der Waals surface area contributed by atoms with Crippen LogP contribution in [0.4, 0.5) is 0 Å². The van der Waals surface area contributed by atoms with Gasteiger partial charge in [-0.3, -0.25) is 37.3 Å². The number of hydrogen-bond donors (Lipinski definition) is 3. The lowest BCUT2D eigenvalue weighted by Crippen LogP contribution is -2.30. The first-order valence-corrected chi connectivity index (χ1v) is 37.9. The monoisotopic (exact) mass is 1280 g/mol. The van der Waals surface area contributed by atoms with E-state index in [1.807, 2.05) is 0 Å². The smallest absolute Gasteiger partial charge is 0.462 e. The summed E-state index contributed by atoms with van der Waals surface area (Å²) in [4.78, 5) is 72.3. The lowest BCUT2D eigenvalue weighted by molar-refractivity contribution is -0.161. The van der Waals surface area contributed by atoms with E-state index in [0.717, 1.165) is 109 Å². The van der Waals surface area contributed by atoms with Crippen molar-refractivity contribution < 1.29 is 80.2 Å². The minimum atomic E-state index is -4.96. The molecule has 0 aliphatic rings. The van der Waals surface area contributed by atoms with E-state index in [-0.39, 0.29) is 25.7 Å². The van der Waals surface area contributed by atoms with E-state index >= 15 is 0 Å². The lowest BCUT2D eigenvalue weighted by Gasteiger charge is -2.21. The number of carbonyl (C=O) groups is 4. The number of esters is 4. The fourth-order valence-corrected chi connectivity index (χ4v) is 11.3. The van der Waals surface area contributed by atoms with Crippen molar-refractivity contribution in [2.24, 2.45) is 5.92 Å². The molecule has 0 aromatic carbocycles. The molecule has 0 aliphatic carbocycles. The molecule has 0 spiro atoms. The third kappa shape index (κ3) is 62.1. The van der Waals surface area contributed by atoms with Crippen molar-refractivity contribution in [1.29, 1.82) is 0 Å². The Morgan fingerprint density at radius 2 is 0.621 bits per heavy atom. The highest BCUT2D eigenvalue weighted by molar-refractivity contribution is 7.47. The van der Waals surface area contributed by atoms with Gasteiger partial charge in [-0.15, -0.1) is 0 Å². The van der Waals surface area contributed by atoms with Crippen LogP contribution in [0.2, 0.25) is 0 Å². The molecule has 0 radical (unpaired) electrons. The van der Waals surface area contributed by atoms with E-state index in [4.69, 9.17) is 37.0 Å². The topological polar surface area (TPSA) is 237 Å². The quantitative estimate of drug-likeness (QED) is 0.0169. The molecule has 0 bridgehead atoms. The van der Waals surface area contributed by atoms with Gasteiger partial charge in [0.1, 0.15) is 19.3 Å². The molecule has 512 valence electrons. The lowest BCUT2D eigenvalue weighted by atomic mass is 10.0. The summed E-state index contributed by atoms with van der Waals surface area (Å²) in [7, 11) is -9.90. The van der Waals surface area contributed by atoms with E-state index < -0.39 is 97.5 Å². The van der Waals surface area contributed by atoms with E-state index in [1.54, 1.807) is 0 Å². The second-order valence-corrected chi connectivity index (χ2v) is 27.3. The average molecular weight is 1280 g/mol. The number of aliphatic hydroxyl groups is 1. The molecule has 0 amide bonds. The fraction of sp³-hybridized carbons (Fsp3) is 0.882. The summed E-state index contributed by atoms with van der Waals surface area (Å²) in [6, 6.07) is 0. The molecule has 0 saturated carbocycles. The molecule has 0 heterocycles. The van der Waals surface area contributed by atoms with E-state index in [1.165, 1.54) is 135 Å². The number of phosphoric acid groups is 2. The third-order valence-corrected chi connectivity index (χ3v) is 17.1. The molecule has 0 aliphatic heterocycles. The summed E-state index contributed by atoms with van der Waals surface area (Å²) in [5.74, 6) is -1.40. The molecular formula is C68H128O17P2. The van der Waals surface area contributed by atoms with Crippen LogP contribution in [0, 0.1) is 5.92 Å². The largest absolute Gasteiger partial charge is 0.472 e. The first-order valence-electron chi connectivity index (χ1n) is 35.0. The Balaban J connectivity index is 5.27. The number of carbonyl (C=O) groups excluding carboxylic acids is 4. The Hall–Kier alpha value is -2.46. The van der Waals surface area contributed by atoms with Gasteiger partial charge in [0.05, 0.1) is 26.4 Å². The molecule has 17 nitrogen and oxygen atoms in total. The zero-order valence-electron chi connectivity index (χ0n) is 55.6. The summed E-state index contributed by atoms with van der Waals surface area (Å²) >= 11 is 0. The van der Waals surface area contributed by atoms with Crippen LogP contribution in [-0.2, 0) is 65.4 Å². The first kappa shape index (κ1) is 84.5. The number of allylic oxidation sites excluding steroid dienone is 4. The number of unbranched alkanes of at least 4 members (excludes halogenated alkanes) is 35. The van der Waals surface area contributed by atoms with Gasteiger partial charge < -0.3 is 33.8 Å². The molecule has 0 rings (SSSR count). The molecule has 5 atom stereocenters. The van der Waals surface area contributed by atoms with Crippen LogP contribution in [0.25, 0.3) is 0 Å². The maximum Gasteiger partial charge on any atom is 0.472 e. The van der Waals surface area contributed by atoms with Crippen molar-refractivity contribution in [3.05, 3.63) is 24.3 Å². The highest BCUT2D eigenvalue weighted by Crippen LogP contribution is 2.45. The first-order chi connectivity index (χ1) is 42.0. The fourth-order valence-electron chi connectivity index (χ4n) is 9.75. The molecule has 2 unspecified atom stereocenters. The molecule has 0 aromatic rings. The van der Waals surface area contributed by atoms with E-state index in [0.29, 0.717) is 25.7 Å². The second kappa shape index (κ2) is 61.1. The van der Waals surface area contributed by atoms with Gasteiger partial charge in [-0.2, -0.15) is 0 Å². The number of rotatable bonds is 66. The van der Waals surface area contributed by atoms with Gasteiger partial charge in [-0.1, -0.05) is 271 Å². The van der Waals surface area contributed by atoms with Gasteiger partial charge >= 0.3 is 39.5 Å². The van der Waals surface area contributed by atoms with Gasteiger partial charge in [0.25, 0.3) is 0 Å². The van der Waals surface area contributed by atoms with Gasteiger partial charge in [0.15, 0.2) is 12.2 Å². The van der Waals surface area contributed by atoms with Crippen LogP contribution in [0.15, 0.2) is 24.3 Å². The Morgan fingerprint density at radius 1 is 0.356 bits per heavy atom. The Morgan fingerprint density at radius 3 is 0.943 bits per heavy atom. The maximum absolute atomic E-state index is 13.0. The normalized spacial score (nSPS) is 14.3. The molecule has 87 heavy (non-hydrogen) atoms. The van der Waals surface area contributed by atoms with Gasteiger partial charge in [0.2, 0.25) is 0 Å². The maximum atomic E-state index is 13.0. The zero-order valence-corrected chi connectivity index (χ0v) is 57.4. The van der Waals surface area contributed by atoms with Crippen molar-refractivity contribution in [3.8, 4) is 0 Å².